The molecule has 5 heteroatoms. The first kappa shape index (κ1) is 11.3. The maximum Gasteiger partial charge on any atom is 0.197 e. The molecule has 0 bridgehead atoms. The van der Waals surface area contributed by atoms with Crippen LogP contribution in [-0.4, -0.2) is 52.2 Å². The van der Waals surface area contributed by atoms with Crippen LogP contribution in [-0.2, 0) is 23.7 Å². The van der Waals surface area contributed by atoms with Crippen LogP contribution in [0.4, 0.5) is 0 Å². The third-order valence-electron chi connectivity index (χ3n) is 3.56. The molecule has 2 rings (SSSR count). The summed E-state index contributed by atoms with van der Waals surface area (Å²) in [7, 11) is 6.54. The first-order chi connectivity index (χ1) is 7.18. The minimum atomic E-state index is -0.634. The normalized spacial score (nSPS) is 36.0. The number of hydrogen-bond donors (Lipinski definition) is 0. The quantitative estimate of drug-likeness (QED) is 0.509. The van der Waals surface area contributed by atoms with Crippen LogP contribution in [0.3, 0.4) is 0 Å². The van der Waals surface area contributed by atoms with Crippen molar-refractivity contribution in [3.8, 4) is 0 Å². The van der Waals surface area contributed by atoms with E-state index < -0.39 is 11.6 Å². The standard InChI is InChI=1S/C10H18O5/c1-11-9(12-2)5-6-10(13-3,14-4)8-7(9)15-8/h7-8H,5-6H2,1-4H3/t7-,8+. The molecule has 2 fully saturated rings. The van der Waals surface area contributed by atoms with Gasteiger partial charge in [-0.15, -0.1) is 0 Å². The number of fused-ring (bicyclic) bond motifs is 1. The molecule has 1 saturated carbocycles. The van der Waals surface area contributed by atoms with Gasteiger partial charge in [0.25, 0.3) is 0 Å². The van der Waals surface area contributed by atoms with Gasteiger partial charge in [0.15, 0.2) is 11.6 Å². The molecule has 88 valence electrons. The van der Waals surface area contributed by atoms with Crippen molar-refractivity contribution in [3.05, 3.63) is 0 Å². The van der Waals surface area contributed by atoms with E-state index in [9.17, 15) is 0 Å². The van der Waals surface area contributed by atoms with Crippen molar-refractivity contribution in [2.24, 2.45) is 0 Å². The Morgan fingerprint density at radius 3 is 1.40 bits per heavy atom. The largest absolute Gasteiger partial charge is 0.358 e. The summed E-state index contributed by atoms with van der Waals surface area (Å²) < 4.78 is 27.2. The van der Waals surface area contributed by atoms with Gasteiger partial charge in [-0.1, -0.05) is 0 Å². The molecule has 2 aliphatic rings. The zero-order valence-corrected chi connectivity index (χ0v) is 9.61. The first-order valence-electron chi connectivity index (χ1n) is 5.04. The summed E-state index contributed by atoms with van der Waals surface area (Å²) >= 11 is 0. The Morgan fingerprint density at radius 1 is 0.800 bits per heavy atom. The molecule has 0 radical (unpaired) electrons. The third-order valence-corrected chi connectivity index (χ3v) is 3.56. The maximum absolute atomic E-state index is 5.57. The van der Waals surface area contributed by atoms with Crippen LogP contribution < -0.4 is 0 Å². The van der Waals surface area contributed by atoms with Crippen molar-refractivity contribution in [3.63, 3.8) is 0 Å². The zero-order chi connectivity index (χ0) is 11.1. The highest BCUT2D eigenvalue weighted by molar-refractivity contribution is 5.09. The molecular formula is C10H18O5. The Morgan fingerprint density at radius 2 is 1.13 bits per heavy atom. The van der Waals surface area contributed by atoms with Gasteiger partial charge >= 0.3 is 0 Å². The molecule has 0 aromatic rings. The van der Waals surface area contributed by atoms with Gasteiger partial charge in [0, 0.05) is 41.3 Å². The Balaban J connectivity index is 2.15. The summed E-state index contributed by atoms with van der Waals surface area (Å²) in [6.07, 6.45) is 1.20. The van der Waals surface area contributed by atoms with Crippen LogP contribution in [0, 0.1) is 0 Å². The number of epoxide rings is 1. The lowest BCUT2D eigenvalue weighted by atomic mass is 9.88. The molecule has 0 aromatic carbocycles. The highest BCUT2D eigenvalue weighted by Gasteiger charge is 2.69. The number of methoxy groups -OCH3 is 4. The van der Waals surface area contributed by atoms with E-state index in [4.69, 9.17) is 23.7 Å². The van der Waals surface area contributed by atoms with Crippen LogP contribution in [0.15, 0.2) is 0 Å². The molecule has 0 spiro atoms. The molecule has 15 heavy (non-hydrogen) atoms. The molecule has 1 saturated heterocycles. The predicted octanol–water partition coefficient (Wildman–Crippen LogP) is 0.526. The van der Waals surface area contributed by atoms with Crippen molar-refractivity contribution < 1.29 is 23.7 Å². The highest BCUT2D eigenvalue weighted by atomic mass is 16.8. The summed E-state index contributed by atoms with van der Waals surface area (Å²) in [6.45, 7) is 0. The van der Waals surface area contributed by atoms with E-state index in [2.05, 4.69) is 0 Å². The van der Waals surface area contributed by atoms with Crippen molar-refractivity contribution in [1.29, 1.82) is 0 Å². The highest BCUT2D eigenvalue weighted by Crippen LogP contribution is 2.51. The van der Waals surface area contributed by atoms with E-state index in [0.29, 0.717) is 12.8 Å². The average molecular weight is 218 g/mol. The second-order valence-corrected chi connectivity index (χ2v) is 3.92. The van der Waals surface area contributed by atoms with E-state index in [1.165, 1.54) is 0 Å². The van der Waals surface area contributed by atoms with Crippen LogP contribution in [0.25, 0.3) is 0 Å². The lowest BCUT2D eigenvalue weighted by Crippen LogP contribution is -2.53. The van der Waals surface area contributed by atoms with Gasteiger partial charge in [-0.05, 0) is 0 Å². The van der Waals surface area contributed by atoms with E-state index in [1.807, 2.05) is 0 Å². The van der Waals surface area contributed by atoms with Crippen molar-refractivity contribution in [2.45, 2.75) is 36.6 Å². The SMILES string of the molecule is COC1(OC)CCC(OC)(OC)[C@H]2O[C@H]21. The topological polar surface area (TPSA) is 49.5 Å². The summed E-state index contributed by atoms with van der Waals surface area (Å²) in [6, 6.07) is 0. The fraction of sp³-hybridized carbons (Fsp3) is 1.00. The van der Waals surface area contributed by atoms with Crippen LogP contribution in [0.2, 0.25) is 0 Å². The van der Waals surface area contributed by atoms with Crippen LogP contribution in [0.1, 0.15) is 12.8 Å². The minimum absolute atomic E-state index is 0.0962. The number of hydrogen-bond acceptors (Lipinski definition) is 5. The van der Waals surface area contributed by atoms with E-state index in [-0.39, 0.29) is 12.2 Å². The lowest BCUT2D eigenvalue weighted by Gasteiger charge is -2.39. The molecule has 0 unspecified atom stereocenters. The second-order valence-electron chi connectivity index (χ2n) is 3.92. The first-order valence-corrected chi connectivity index (χ1v) is 5.04. The van der Waals surface area contributed by atoms with Gasteiger partial charge in [0.1, 0.15) is 12.2 Å². The number of ether oxygens (including phenoxy) is 5. The molecule has 5 nitrogen and oxygen atoms in total. The molecule has 1 aliphatic carbocycles. The van der Waals surface area contributed by atoms with Crippen LogP contribution >= 0.6 is 0 Å². The average Bonchev–Trinajstić information content (AvgIpc) is 3.09. The Labute approximate surface area is 89.6 Å². The molecule has 0 aromatic heterocycles. The predicted molar refractivity (Wildman–Crippen MR) is 51.4 cm³/mol. The number of rotatable bonds is 4. The van der Waals surface area contributed by atoms with Crippen molar-refractivity contribution in [2.75, 3.05) is 28.4 Å². The van der Waals surface area contributed by atoms with E-state index in [1.54, 1.807) is 28.4 Å². The Hall–Kier alpha value is -0.200. The fourth-order valence-corrected chi connectivity index (χ4v) is 2.45. The molecule has 0 N–H and O–H groups in total. The summed E-state index contributed by atoms with van der Waals surface area (Å²) in [4.78, 5) is 0. The van der Waals surface area contributed by atoms with Crippen LogP contribution in [0.5, 0.6) is 0 Å². The smallest absolute Gasteiger partial charge is 0.197 e. The van der Waals surface area contributed by atoms with Gasteiger partial charge in [-0.3, -0.25) is 0 Å². The van der Waals surface area contributed by atoms with Crippen molar-refractivity contribution >= 4 is 0 Å². The van der Waals surface area contributed by atoms with Gasteiger partial charge in [0.2, 0.25) is 0 Å². The van der Waals surface area contributed by atoms with Gasteiger partial charge in [-0.25, -0.2) is 0 Å². The molecular weight excluding hydrogens is 200 g/mol. The fourth-order valence-electron chi connectivity index (χ4n) is 2.45. The third kappa shape index (κ3) is 1.42. The van der Waals surface area contributed by atoms with E-state index >= 15 is 0 Å². The van der Waals surface area contributed by atoms with Gasteiger partial charge in [-0.2, -0.15) is 0 Å². The monoisotopic (exact) mass is 218 g/mol. The van der Waals surface area contributed by atoms with E-state index in [0.717, 1.165) is 0 Å². The Kier molecular flexibility index (Phi) is 2.77. The van der Waals surface area contributed by atoms with Crippen molar-refractivity contribution in [1.82, 2.24) is 0 Å². The molecule has 0 amide bonds. The summed E-state index contributed by atoms with van der Waals surface area (Å²) in [5.74, 6) is -1.27. The minimum Gasteiger partial charge on any atom is -0.358 e. The van der Waals surface area contributed by atoms with Gasteiger partial charge < -0.3 is 23.7 Å². The molecule has 1 aliphatic heterocycles. The molecule has 1 heterocycles. The van der Waals surface area contributed by atoms with Gasteiger partial charge in [0.05, 0.1) is 0 Å². The zero-order valence-electron chi connectivity index (χ0n) is 9.61. The molecule has 2 atom stereocenters. The summed E-state index contributed by atoms with van der Waals surface area (Å²) in [5.41, 5.74) is 0. The lowest BCUT2D eigenvalue weighted by molar-refractivity contribution is -0.273. The maximum atomic E-state index is 5.57. The summed E-state index contributed by atoms with van der Waals surface area (Å²) in [5, 5.41) is 0. The second kappa shape index (κ2) is 3.68. The Bertz CT molecular complexity index is 210.